The van der Waals surface area contributed by atoms with Gasteiger partial charge < -0.3 is 14.9 Å². The largest absolute Gasteiger partial charge is 0.504 e. The molecule has 6 heteroatoms. The summed E-state index contributed by atoms with van der Waals surface area (Å²) in [6, 6.07) is 16.2. The van der Waals surface area contributed by atoms with Crippen molar-refractivity contribution in [3.8, 4) is 17.6 Å². The van der Waals surface area contributed by atoms with Gasteiger partial charge in [-0.15, -0.1) is 0 Å². The van der Waals surface area contributed by atoms with Crippen LogP contribution in [0.3, 0.4) is 0 Å². The second-order valence-electron chi connectivity index (χ2n) is 7.90. The molecule has 6 nitrogen and oxygen atoms in total. The first-order valence-corrected chi connectivity index (χ1v) is 10.8. The molecule has 2 aromatic carbocycles. The molecule has 0 saturated carbocycles. The van der Waals surface area contributed by atoms with Gasteiger partial charge in [0.1, 0.15) is 6.33 Å². The van der Waals surface area contributed by atoms with Gasteiger partial charge in [-0.2, -0.15) is 0 Å². The lowest BCUT2D eigenvalue weighted by Gasteiger charge is -2.26. The highest BCUT2D eigenvalue weighted by Gasteiger charge is 2.15. The third-order valence-corrected chi connectivity index (χ3v) is 5.63. The molecule has 1 aromatic heterocycles. The Balaban J connectivity index is 1.37. The van der Waals surface area contributed by atoms with Gasteiger partial charge in [0.25, 0.3) is 0 Å². The third-order valence-electron chi connectivity index (χ3n) is 5.63. The molecule has 32 heavy (non-hydrogen) atoms. The van der Waals surface area contributed by atoms with Crippen molar-refractivity contribution in [2.45, 2.75) is 18.9 Å². The summed E-state index contributed by atoms with van der Waals surface area (Å²) in [5, 5.41) is 19.7. The average molecular weight is 430 g/mol. The van der Waals surface area contributed by atoms with Gasteiger partial charge in [0.05, 0.1) is 31.7 Å². The monoisotopic (exact) mass is 429 g/mol. The van der Waals surface area contributed by atoms with E-state index in [1.54, 1.807) is 0 Å². The molecule has 0 bridgehead atoms. The van der Waals surface area contributed by atoms with Crippen LogP contribution in [0.1, 0.15) is 33.9 Å². The Bertz CT molecular complexity index is 1070. The molecule has 3 aromatic rings. The van der Waals surface area contributed by atoms with E-state index in [-0.39, 0.29) is 18.3 Å². The molecular formula is C26H27N3O3. The van der Waals surface area contributed by atoms with Gasteiger partial charge in [-0.25, -0.2) is 9.97 Å². The zero-order chi connectivity index (χ0) is 22.2. The first kappa shape index (κ1) is 22.0. The number of morpholine rings is 1. The molecular weight excluding hydrogens is 402 g/mol. The summed E-state index contributed by atoms with van der Waals surface area (Å²) in [5.41, 5.74) is 4.68. The maximum Gasteiger partial charge on any atom is 0.155 e. The van der Waals surface area contributed by atoms with Crippen LogP contribution >= 0.6 is 0 Å². The van der Waals surface area contributed by atoms with Gasteiger partial charge in [-0.05, 0) is 35.4 Å². The lowest BCUT2D eigenvalue weighted by Crippen LogP contribution is -2.35. The summed E-state index contributed by atoms with van der Waals surface area (Å²) in [5.74, 6) is 6.31. The molecule has 2 heterocycles. The fourth-order valence-electron chi connectivity index (χ4n) is 3.72. The zero-order valence-electron chi connectivity index (χ0n) is 17.9. The molecule has 1 fully saturated rings. The van der Waals surface area contributed by atoms with Gasteiger partial charge >= 0.3 is 0 Å². The van der Waals surface area contributed by atoms with E-state index in [1.807, 2.05) is 24.3 Å². The van der Waals surface area contributed by atoms with E-state index in [0.29, 0.717) is 12.1 Å². The highest BCUT2D eigenvalue weighted by atomic mass is 16.5. The van der Waals surface area contributed by atoms with Crippen molar-refractivity contribution >= 4 is 0 Å². The van der Waals surface area contributed by atoms with E-state index < -0.39 is 0 Å². The second kappa shape index (κ2) is 10.9. The standard InChI is InChI=1S/C26H27N3O3/c30-18-24(15-25-26(31)16-27-19-28-25)23-9-7-21(8-10-23)2-1-20-3-5-22(6-4-20)17-29-11-13-32-14-12-29/h3-10,16,19,24,30-31H,11-15,17-18H2/t24-/m0/s1. The lowest BCUT2D eigenvalue weighted by molar-refractivity contribution is 0.0342. The Kier molecular flexibility index (Phi) is 7.47. The van der Waals surface area contributed by atoms with Crippen LogP contribution in [0.4, 0.5) is 0 Å². The number of hydrogen-bond acceptors (Lipinski definition) is 6. The van der Waals surface area contributed by atoms with Crippen LogP contribution in [0.25, 0.3) is 0 Å². The fourth-order valence-corrected chi connectivity index (χ4v) is 3.72. The van der Waals surface area contributed by atoms with E-state index in [2.05, 4.69) is 51.0 Å². The number of aromatic hydroxyl groups is 1. The Hall–Kier alpha value is -3.24. The molecule has 1 saturated heterocycles. The van der Waals surface area contributed by atoms with Crippen LogP contribution in [0, 0.1) is 11.8 Å². The summed E-state index contributed by atoms with van der Waals surface area (Å²) < 4.78 is 5.40. The van der Waals surface area contributed by atoms with Crippen molar-refractivity contribution in [3.05, 3.63) is 89.0 Å². The molecule has 1 aliphatic heterocycles. The lowest BCUT2D eigenvalue weighted by atomic mass is 9.94. The quantitative estimate of drug-likeness (QED) is 0.587. The normalized spacial score (nSPS) is 15.0. The molecule has 4 rings (SSSR count). The minimum absolute atomic E-state index is 0.0364. The number of nitrogens with zero attached hydrogens (tertiary/aromatic N) is 3. The van der Waals surface area contributed by atoms with E-state index in [4.69, 9.17) is 4.74 Å². The first-order valence-electron chi connectivity index (χ1n) is 10.8. The summed E-state index contributed by atoms with van der Waals surface area (Å²) >= 11 is 0. The van der Waals surface area contributed by atoms with E-state index in [1.165, 1.54) is 18.1 Å². The van der Waals surface area contributed by atoms with Crippen molar-refractivity contribution in [1.29, 1.82) is 0 Å². The molecule has 0 unspecified atom stereocenters. The Morgan fingerprint density at radius 2 is 1.62 bits per heavy atom. The number of aliphatic hydroxyl groups excluding tert-OH is 1. The smallest absolute Gasteiger partial charge is 0.155 e. The molecule has 1 aliphatic rings. The predicted molar refractivity (Wildman–Crippen MR) is 122 cm³/mol. The molecule has 1 atom stereocenters. The van der Waals surface area contributed by atoms with Crippen LogP contribution < -0.4 is 0 Å². The SMILES string of the molecule is OC[C@H](Cc1ncncc1O)c1ccc(C#Cc2ccc(CN3CCOCC3)cc2)cc1. The topological polar surface area (TPSA) is 78.7 Å². The number of aliphatic hydroxyl groups is 1. The van der Waals surface area contributed by atoms with Crippen LogP contribution in [-0.4, -0.2) is 58.0 Å². The van der Waals surface area contributed by atoms with E-state index >= 15 is 0 Å². The highest BCUT2D eigenvalue weighted by molar-refractivity contribution is 5.44. The minimum atomic E-state index is -0.156. The van der Waals surface area contributed by atoms with Crippen LogP contribution in [0.5, 0.6) is 5.75 Å². The Morgan fingerprint density at radius 1 is 0.969 bits per heavy atom. The maximum atomic E-state index is 9.89. The molecule has 164 valence electrons. The Labute approximate surface area is 188 Å². The molecule has 0 aliphatic carbocycles. The summed E-state index contributed by atoms with van der Waals surface area (Å²) in [7, 11) is 0. The number of hydrogen-bond donors (Lipinski definition) is 2. The van der Waals surface area contributed by atoms with Gasteiger partial charge in [0, 0.05) is 43.1 Å². The van der Waals surface area contributed by atoms with Gasteiger partial charge in [0.2, 0.25) is 0 Å². The fraction of sp³-hybridized carbons (Fsp3) is 0.308. The van der Waals surface area contributed by atoms with Crippen molar-refractivity contribution in [2.24, 2.45) is 0 Å². The first-order chi connectivity index (χ1) is 15.7. The second-order valence-corrected chi connectivity index (χ2v) is 7.90. The minimum Gasteiger partial charge on any atom is -0.504 e. The molecule has 0 radical (unpaired) electrons. The van der Waals surface area contributed by atoms with Gasteiger partial charge in [0.15, 0.2) is 5.75 Å². The van der Waals surface area contributed by atoms with Crippen molar-refractivity contribution in [2.75, 3.05) is 32.9 Å². The van der Waals surface area contributed by atoms with Crippen molar-refractivity contribution < 1.29 is 14.9 Å². The molecule has 0 spiro atoms. The predicted octanol–water partition coefficient (Wildman–Crippen LogP) is 2.73. The molecule has 0 amide bonds. The third kappa shape index (κ3) is 5.92. The van der Waals surface area contributed by atoms with Gasteiger partial charge in [-0.3, -0.25) is 4.90 Å². The summed E-state index contributed by atoms with van der Waals surface area (Å²) in [6.45, 7) is 4.49. The van der Waals surface area contributed by atoms with Gasteiger partial charge in [-0.1, -0.05) is 36.1 Å². The van der Waals surface area contributed by atoms with Crippen LogP contribution in [0.2, 0.25) is 0 Å². The van der Waals surface area contributed by atoms with E-state index in [9.17, 15) is 10.2 Å². The van der Waals surface area contributed by atoms with E-state index in [0.717, 1.165) is 49.5 Å². The summed E-state index contributed by atoms with van der Waals surface area (Å²) in [4.78, 5) is 10.3. The number of ether oxygens (including phenoxy) is 1. The van der Waals surface area contributed by atoms with Crippen molar-refractivity contribution in [3.63, 3.8) is 0 Å². The summed E-state index contributed by atoms with van der Waals surface area (Å²) in [6.07, 6.45) is 3.20. The van der Waals surface area contributed by atoms with Crippen LogP contribution in [-0.2, 0) is 17.7 Å². The highest BCUT2D eigenvalue weighted by Crippen LogP contribution is 2.24. The molecule has 2 N–H and O–H groups in total. The number of benzene rings is 2. The number of aromatic nitrogens is 2. The Morgan fingerprint density at radius 3 is 2.25 bits per heavy atom. The van der Waals surface area contributed by atoms with Crippen molar-refractivity contribution in [1.82, 2.24) is 14.9 Å². The maximum absolute atomic E-state index is 9.89. The van der Waals surface area contributed by atoms with Crippen LogP contribution in [0.15, 0.2) is 61.1 Å². The zero-order valence-corrected chi connectivity index (χ0v) is 17.9. The number of rotatable bonds is 6. The average Bonchev–Trinajstić information content (AvgIpc) is 2.84.